The highest BCUT2D eigenvalue weighted by atomic mass is 16.5. The van der Waals surface area contributed by atoms with Gasteiger partial charge in [-0.3, -0.25) is 10.6 Å². The van der Waals surface area contributed by atoms with Crippen LogP contribution >= 0.6 is 0 Å². The van der Waals surface area contributed by atoms with Gasteiger partial charge in [0.1, 0.15) is 0 Å². The van der Waals surface area contributed by atoms with E-state index in [-0.39, 0.29) is 0 Å². The van der Waals surface area contributed by atoms with Gasteiger partial charge in [0.25, 0.3) is 0 Å². The Morgan fingerprint density at radius 3 is 2.89 bits per heavy atom. The second-order valence-corrected chi connectivity index (χ2v) is 4.81. The Hall–Kier alpha value is -1.26. The van der Waals surface area contributed by atoms with Crippen molar-refractivity contribution in [2.75, 3.05) is 20.3 Å². The lowest BCUT2D eigenvalue weighted by Gasteiger charge is -2.14. The molecule has 2 N–H and O–H groups in total. The fourth-order valence-electron chi connectivity index (χ4n) is 2.14. The number of hydrogen-bond acceptors (Lipinski definition) is 4. The lowest BCUT2D eigenvalue weighted by molar-refractivity contribution is 0.288. The first-order valence-electron chi connectivity index (χ1n) is 6.94. The van der Waals surface area contributed by atoms with Crippen LogP contribution in [0.3, 0.4) is 0 Å². The largest absolute Gasteiger partial charge is 0.493 e. The topological polar surface area (TPSA) is 42.5 Å². The molecule has 105 valence electrons. The normalized spacial score (nSPS) is 18.5. The molecule has 0 aliphatic carbocycles. The zero-order valence-corrected chi connectivity index (χ0v) is 11.7. The lowest BCUT2D eigenvalue weighted by Crippen LogP contribution is -2.24. The molecule has 1 unspecified atom stereocenters. The first-order chi connectivity index (χ1) is 9.33. The summed E-state index contributed by atoms with van der Waals surface area (Å²) in [4.78, 5) is 0. The van der Waals surface area contributed by atoms with Crippen molar-refractivity contribution in [1.29, 1.82) is 0 Å². The van der Waals surface area contributed by atoms with E-state index in [1.54, 1.807) is 7.11 Å². The molecule has 4 nitrogen and oxygen atoms in total. The molecule has 1 aliphatic heterocycles. The second kappa shape index (κ2) is 7.36. The first kappa shape index (κ1) is 14.2. The number of rotatable bonds is 7. The number of benzene rings is 1. The van der Waals surface area contributed by atoms with E-state index in [4.69, 9.17) is 9.47 Å². The summed E-state index contributed by atoms with van der Waals surface area (Å²) in [6.07, 6.45) is 3.18. The van der Waals surface area contributed by atoms with E-state index in [1.165, 1.54) is 5.56 Å². The van der Waals surface area contributed by atoms with Crippen molar-refractivity contribution in [2.24, 2.45) is 0 Å². The van der Waals surface area contributed by atoms with Gasteiger partial charge in [0.2, 0.25) is 0 Å². The third-order valence-electron chi connectivity index (χ3n) is 3.25. The highest BCUT2D eigenvalue weighted by Crippen LogP contribution is 2.28. The van der Waals surface area contributed by atoms with Gasteiger partial charge >= 0.3 is 0 Å². The molecular formula is C15H23N2O2. The van der Waals surface area contributed by atoms with E-state index in [0.29, 0.717) is 6.04 Å². The molecule has 0 aromatic heterocycles. The summed E-state index contributed by atoms with van der Waals surface area (Å²) < 4.78 is 11.1. The van der Waals surface area contributed by atoms with Crippen LogP contribution in [0.5, 0.6) is 11.5 Å². The maximum Gasteiger partial charge on any atom is 0.161 e. The molecular weight excluding hydrogens is 240 g/mol. The van der Waals surface area contributed by atoms with E-state index >= 15 is 0 Å². The van der Waals surface area contributed by atoms with Crippen molar-refractivity contribution in [2.45, 2.75) is 32.2 Å². The second-order valence-electron chi connectivity index (χ2n) is 4.81. The zero-order chi connectivity index (χ0) is 13.5. The molecule has 19 heavy (non-hydrogen) atoms. The average Bonchev–Trinajstić information content (AvgIpc) is 2.92. The summed E-state index contributed by atoms with van der Waals surface area (Å²) in [5.74, 6) is 1.66. The van der Waals surface area contributed by atoms with E-state index in [0.717, 1.165) is 43.9 Å². The smallest absolute Gasteiger partial charge is 0.161 e. The van der Waals surface area contributed by atoms with Crippen molar-refractivity contribution >= 4 is 0 Å². The van der Waals surface area contributed by atoms with Crippen LogP contribution in [-0.4, -0.2) is 26.3 Å². The summed E-state index contributed by atoms with van der Waals surface area (Å²) in [5, 5.41) is 6.48. The molecule has 1 radical (unpaired) electrons. The van der Waals surface area contributed by atoms with Crippen molar-refractivity contribution < 1.29 is 9.47 Å². The highest BCUT2D eigenvalue weighted by Gasteiger charge is 2.15. The SMILES string of the molecule is CCCCOc1cc(CC2CN[CH]N2)ccc1OC. The summed E-state index contributed by atoms with van der Waals surface area (Å²) in [6.45, 7) is 5.78. The summed E-state index contributed by atoms with van der Waals surface area (Å²) in [6, 6.07) is 6.64. The molecule has 0 spiro atoms. The molecule has 0 amide bonds. The molecule has 1 atom stereocenters. The number of ether oxygens (including phenoxy) is 2. The molecule has 1 fully saturated rings. The third-order valence-corrected chi connectivity index (χ3v) is 3.25. The van der Waals surface area contributed by atoms with Gasteiger partial charge in [0.15, 0.2) is 11.5 Å². The molecule has 1 aliphatic rings. The zero-order valence-electron chi connectivity index (χ0n) is 11.7. The minimum atomic E-state index is 0.455. The van der Waals surface area contributed by atoms with Crippen LogP contribution in [0.4, 0.5) is 0 Å². The molecule has 1 heterocycles. The van der Waals surface area contributed by atoms with Crippen LogP contribution in [0.25, 0.3) is 0 Å². The van der Waals surface area contributed by atoms with Crippen LogP contribution in [0.1, 0.15) is 25.3 Å². The Kier molecular flexibility index (Phi) is 5.48. The number of unbranched alkanes of at least 4 members (excludes halogenated alkanes) is 1. The van der Waals surface area contributed by atoms with Crippen molar-refractivity contribution in [1.82, 2.24) is 10.6 Å². The Bertz CT molecular complexity index is 390. The van der Waals surface area contributed by atoms with E-state index in [1.807, 2.05) is 12.7 Å². The summed E-state index contributed by atoms with van der Waals surface area (Å²) in [7, 11) is 1.68. The van der Waals surface area contributed by atoms with Crippen LogP contribution < -0.4 is 20.1 Å². The molecule has 1 saturated heterocycles. The number of hydrogen-bond donors (Lipinski definition) is 2. The molecule has 0 saturated carbocycles. The lowest BCUT2D eigenvalue weighted by atomic mass is 10.1. The van der Waals surface area contributed by atoms with Crippen molar-refractivity contribution in [3.8, 4) is 11.5 Å². The van der Waals surface area contributed by atoms with Gasteiger partial charge < -0.3 is 9.47 Å². The van der Waals surface area contributed by atoms with E-state index < -0.39 is 0 Å². The van der Waals surface area contributed by atoms with Crippen LogP contribution in [0.15, 0.2) is 18.2 Å². The van der Waals surface area contributed by atoms with Crippen LogP contribution in [-0.2, 0) is 6.42 Å². The van der Waals surface area contributed by atoms with Gasteiger partial charge in [0.05, 0.1) is 20.4 Å². The van der Waals surface area contributed by atoms with Crippen LogP contribution in [0.2, 0.25) is 0 Å². The highest BCUT2D eigenvalue weighted by molar-refractivity contribution is 5.43. The summed E-state index contributed by atoms with van der Waals surface area (Å²) in [5.41, 5.74) is 1.27. The Balaban J connectivity index is 2.01. The van der Waals surface area contributed by atoms with Gasteiger partial charge in [-0.1, -0.05) is 19.4 Å². The quantitative estimate of drug-likeness (QED) is 0.739. The Morgan fingerprint density at radius 1 is 1.32 bits per heavy atom. The fourth-order valence-corrected chi connectivity index (χ4v) is 2.14. The van der Waals surface area contributed by atoms with Gasteiger partial charge in [0, 0.05) is 12.6 Å². The predicted molar refractivity (Wildman–Crippen MR) is 76.3 cm³/mol. The third kappa shape index (κ3) is 4.11. The standard InChI is InChI=1S/C15H23N2O2/c1-3-4-7-19-15-9-12(5-6-14(15)18-2)8-13-10-16-11-17-13/h5-6,9,11,13,16-17H,3-4,7-8,10H2,1-2H3. The minimum Gasteiger partial charge on any atom is -0.493 e. The molecule has 0 bridgehead atoms. The monoisotopic (exact) mass is 263 g/mol. The van der Waals surface area contributed by atoms with E-state index in [2.05, 4.69) is 29.7 Å². The average molecular weight is 263 g/mol. The van der Waals surface area contributed by atoms with Gasteiger partial charge in [-0.05, 0) is 30.5 Å². The van der Waals surface area contributed by atoms with Crippen molar-refractivity contribution in [3.05, 3.63) is 30.4 Å². The fraction of sp³-hybridized carbons (Fsp3) is 0.533. The summed E-state index contributed by atoms with van der Waals surface area (Å²) >= 11 is 0. The van der Waals surface area contributed by atoms with E-state index in [9.17, 15) is 0 Å². The molecule has 1 aromatic rings. The van der Waals surface area contributed by atoms with Crippen molar-refractivity contribution in [3.63, 3.8) is 0 Å². The van der Waals surface area contributed by atoms with Crippen LogP contribution in [0, 0.1) is 6.67 Å². The number of nitrogens with one attached hydrogen (secondary N) is 2. The Morgan fingerprint density at radius 2 is 2.21 bits per heavy atom. The minimum absolute atomic E-state index is 0.455. The molecule has 4 heteroatoms. The van der Waals surface area contributed by atoms with Gasteiger partial charge in [-0.15, -0.1) is 0 Å². The maximum absolute atomic E-state index is 5.80. The predicted octanol–water partition coefficient (Wildman–Crippen LogP) is 2.10. The van der Waals surface area contributed by atoms with Gasteiger partial charge in [-0.25, -0.2) is 0 Å². The molecule has 1 aromatic carbocycles. The number of methoxy groups -OCH3 is 1. The van der Waals surface area contributed by atoms with Gasteiger partial charge in [-0.2, -0.15) is 0 Å². The Labute approximate surface area is 115 Å². The maximum atomic E-state index is 5.80. The molecule has 2 rings (SSSR count). The first-order valence-corrected chi connectivity index (χ1v) is 6.94.